The van der Waals surface area contributed by atoms with Gasteiger partial charge in [0.1, 0.15) is 0 Å². The smallest absolute Gasteiger partial charge is 0.270 e. The van der Waals surface area contributed by atoms with Crippen molar-refractivity contribution in [2.45, 2.75) is 58.2 Å². The van der Waals surface area contributed by atoms with E-state index >= 15 is 0 Å². The van der Waals surface area contributed by atoms with Crippen LogP contribution in [0.25, 0.3) is 10.9 Å². The number of benzene rings is 1. The Balaban J connectivity index is 2.73. The molecule has 0 aliphatic rings. The van der Waals surface area contributed by atoms with E-state index in [2.05, 4.69) is 52.0 Å². The first kappa shape index (κ1) is 16.7. The van der Waals surface area contributed by atoms with Crippen LogP contribution in [0, 0.1) is 10.1 Å². The summed E-state index contributed by atoms with van der Waals surface area (Å²) in [5, 5.41) is 11.9. The molecule has 2 aromatic rings. The third-order valence-electron chi connectivity index (χ3n) is 5.08. The molecule has 5 heteroatoms. The quantitative estimate of drug-likeness (QED) is 0.411. The van der Waals surface area contributed by atoms with Gasteiger partial charge in [0.15, 0.2) is 8.24 Å². The maximum Gasteiger partial charge on any atom is 0.270 e. The standard InChI is InChI=1S/C17H26N2O2Si/c1-12(2)22(13(3)4,14(5)6)18-10-9-15-11-16(19(20)21)7-8-17(15)18/h7-14H,1-6H3. The largest absolute Gasteiger partial charge is 0.373 e. The maximum absolute atomic E-state index is 11.0. The molecular weight excluding hydrogens is 292 g/mol. The van der Waals surface area contributed by atoms with Gasteiger partial charge in [-0.2, -0.15) is 0 Å². The van der Waals surface area contributed by atoms with Crippen LogP contribution in [0.5, 0.6) is 0 Å². The summed E-state index contributed by atoms with van der Waals surface area (Å²) in [6, 6.07) is 7.25. The summed E-state index contributed by atoms with van der Waals surface area (Å²) >= 11 is 0. The van der Waals surface area contributed by atoms with Gasteiger partial charge in [-0.3, -0.25) is 10.1 Å². The topological polar surface area (TPSA) is 48.1 Å². The zero-order chi connectivity index (χ0) is 16.7. The summed E-state index contributed by atoms with van der Waals surface area (Å²) in [6.45, 7) is 13.9. The fourth-order valence-corrected chi connectivity index (χ4v) is 11.0. The van der Waals surface area contributed by atoms with Crippen molar-refractivity contribution in [3.63, 3.8) is 0 Å². The Kier molecular flexibility index (Phi) is 4.47. The van der Waals surface area contributed by atoms with Gasteiger partial charge < -0.3 is 4.23 Å². The molecule has 0 bridgehead atoms. The molecular formula is C17H26N2O2Si. The fraction of sp³-hybridized carbons (Fsp3) is 0.529. The molecule has 120 valence electrons. The van der Waals surface area contributed by atoms with Crippen LogP contribution in [0.4, 0.5) is 5.69 Å². The minimum atomic E-state index is -1.81. The lowest BCUT2D eigenvalue weighted by Crippen LogP contribution is -2.51. The third kappa shape index (κ3) is 2.37. The van der Waals surface area contributed by atoms with E-state index in [0.717, 1.165) is 10.9 Å². The van der Waals surface area contributed by atoms with E-state index in [0.29, 0.717) is 16.6 Å². The summed E-state index contributed by atoms with van der Waals surface area (Å²) in [5.41, 5.74) is 3.08. The molecule has 1 aromatic heterocycles. The molecule has 0 saturated heterocycles. The van der Waals surface area contributed by atoms with Crippen LogP contribution < -0.4 is 0 Å². The Labute approximate surface area is 133 Å². The zero-order valence-corrected chi connectivity index (χ0v) is 15.3. The highest BCUT2D eigenvalue weighted by atomic mass is 28.3. The highest BCUT2D eigenvalue weighted by Crippen LogP contribution is 2.44. The van der Waals surface area contributed by atoms with Crippen molar-refractivity contribution in [3.05, 3.63) is 40.6 Å². The number of hydrogen-bond acceptors (Lipinski definition) is 2. The van der Waals surface area contributed by atoms with Crippen LogP contribution in [0.3, 0.4) is 0 Å². The number of fused-ring (bicyclic) bond motifs is 1. The van der Waals surface area contributed by atoms with E-state index in [4.69, 9.17) is 0 Å². The molecule has 0 spiro atoms. The van der Waals surface area contributed by atoms with Crippen LogP contribution in [0.1, 0.15) is 41.5 Å². The number of aromatic nitrogens is 1. The van der Waals surface area contributed by atoms with Crippen molar-refractivity contribution in [3.8, 4) is 0 Å². The first-order valence-corrected chi connectivity index (χ1v) is 10.2. The van der Waals surface area contributed by atoms with Gasteiger partial charge in [-0.15, -0.1) is 0 Å². The van der Waals surface area contributed by atoms with Gasteiger partial charge in [0, 0.05) is 23.0 Å². The Hall–Kier alpha value is -1.62. The summed E-state index contributed by atoms with van der Waals surface area (Å²) in [4.78, 5) is 10.7. The minimum Gasteiger partial charge on any atom is -0.373 e. The number of nitrogens with zero attached hydrogens (tertiary/aromatic N) is 2. The van der Waals surface area contributed by atoms with E-state index < -0.39 is 8.24 Å². The summed E-state index contributed by atoms with van der Waals surface area (Å²) in [7, 11) is -1.81. The predicted octanol–water partition coefficient (Wildman–Crippen LogP) is 5.57. The first-order chi connectivity index (χ1) is 10.2. The van der Waals surface area contributed by atoms with Gasteiger partial charge in [0.25, 0.3) is 5.69 Å². The van der Waals surface area contributed by atoms with Crippen molar-refractivity contribution in [1.82, 2.24) is 4.23 Å². The average Bonchev–Trinajstić information content (AvgIpc) is 2.81. The minimum absolute atomic E-state index is 0.163. The molecule has 2 rings (SSSR count). The molecule has 0 saturated carbocycles. The highest BCUT2D eigenvalue weighted by Gasteiger charge is 2.45. The van der Waals surface area contributed by atoms with Crippen LogP contribution >= 0.6 is 0 Å². The van der Waals surface area contributed by atoms with Crippen molar-refractivity contribution in [1.29, 1.82) is 0 Å². The zero-order valence-electron chi connectivity index (χ0n) is 14.3. The molecule has 22 heavy (non-hydrogen) atoms. The second kappa shape index (κ2) is 5.87. The van der Waals surface area contributed by atoms with Gasteiger partial charge >= 0.3 is 0 Å². The molecule has 0 radical (unpaired) electrons. The number of rotatable bonds is 5. The third-order valence-corrected chi connectivity index (χ3v) is 11.9. The van der Waals surface area contributed by atoms with E-state index in [-0.39, 0.29) is 10.6 Å². The van der Waals surface area contributed by atoms with Gasteiger partial charge in [0.2, 0.25) is 0 Å². The summed E-state index contributed by atoms with van der Waals surface area (Å²) < 4.78 is 2.48. The van der Waals surface area contributed by atoms with E-state index in [1.807, 2.05) is 12.1 Å². The predicted molar refractivity (Wildman–Crippen MR) is 95.0 cm³/mol. The SMILES string of the molecule is CC(C)[Si](C(C)C)(C(C)C)n1ccc2cc([N+](=O)[O-])ccc21. The fourth-order valence-electron chi connectivity index (χ4n) is 4.42. The molecule has 1 heterocycles. The monoisotopic (exact) mass is 318 g/mol. The molecule has 0 aliphatic carbocycles. The average molecular weight is 318 g/mol. The Morgan fingerprint density at radius 1 is 1.00 bits per heavy atom. The maximum atomic E-state index is 11.0. The van der Waals surface area contributed by atoms with Gasteiger partial charge in [-0.05, 0) is 35.0 Å². The molecule has 0 fully saturated rings. The van der Waals surface area contributed by atoms with E-state index in [9.17, 15) is 10.1 Å². The van der Waals surface area contributed by atoms with Crippen LogP contribution in [-0.4, -0.2) is 17.4 Å². The molecule has 4 nitrogen and oxygen atoms in total. The summed E-state index contributed by atoms with van der Waals surface area (Å²) in [6.07, 6.45) is 2.15. The number of hydrogen-bond donors (Lipinski definition) is 0. The second-order valence-electron chi connectivity index (χ2n) is 7.04. The van der Waals surface area contributed by atoms with Crippen LogP contribution in [0.2, 0.25) is 16.6 Å². The molecule has 0 N–H and O–H groups in total. The molecule has 0 amide bonds. The van der Waals surface area contributed by atoms with Gasteiger partial charge in [-0.1, -0.05) is 41.5 Å². The van der Waals surface area contributed by atoms with E-state index in [1.165, 1.54) is 0 Å². The number of nitro groups is 1. The van der Waals surface area contributed by atoms with Crippen LogP contribution in [0.15, 0.2) is 30.5 Å². The van der Waals surface area contributed by atoms with Crippen molar-refractivity contribution in [2.75, 3.05) is 0 Å². The van der Waals surface area contributed by atoms with E-state index in [1.54, 1.807) is 12.1 Å². The molecule has 1 aromatic carbocycles. The van der Waals surface area contributed by atoms with Crippen molar-refractivity contribution < 1.29 is 4.92 Å². The van der Waals surface area contributed by atoms with Crippen molar-refractivity contribution in [2.24, 2.45) is 0 Å². The molecule has 0 unspecified atom stereocenters. The Bertz CT molecular complexity index is 667. The molecule has 0 aliphatic heterocycles. The number of nitro benzene ring substituents is 1. The van der Waals surface area contributed by atoms with Crippen LogP contribution in [-0.2, 0) is 0 Å². The Morgan fingerprint density at radius 3 is 2.00 bits per heavy atom. The Morgan fingerprint density at radius 2 is 1.55 bits per heavy atom. The first-order valence-electron chi connectivity index (χ1n) is 7.98. The van der Waals surface area contributed by atoms with Gasteiger partial charge in [-0.25, -0.2) is 0 Å². The van der Waals surface area contributed by atoms with Gasteiger partial charge in [0.05, 0.1) is 4.92 Å². The highest BCUT2D eigenvalue weighted by molar-refractivity contribution is 6.82. The summed E-state index contributed by atoms with van der Waals surface area (Å²) in [5.74, 6) is 0. The lowest BCUT2D eigenvalue weighted by molar-refractivity contribution is -0.384. The second-order valence-corrected chi connectivity index (χ2v) is 12.8. The number of non-ortho nitro benzene ring substituents is 1. The molecule has 0 atom stereocenters. The lowest BCUT2D eigenvalue weighted by Gasteiger charge is -2.44. The van der Waals surface area contributed by atoms with Crippen molar-refractivity contribution >= 4 is 24.8 Å². The normalized spacial score (nSPS) is 12.8. The lowest BCUT2D eigenvalue weighted by atomic mass is 10.2.